The lowest BCUT2D eigenvalue weighted by Crippen LogP contribution is -2.00. The predicted molar refractivity (Wildman–Crippen MR) is 74.8 cm³/mol. The van der Waals surface area contributed by atoms with Crippen LogP contribution in [0.5, 0.6) is 5.75 Å². The van der Waals surface area contributed by atoms with Crippen molar-refractivity contribution in [3.8, 4) is 5.75 Å². The SMILES string of the molecule is COC(=O)c1ccc(C(O)c2ccc(OC)c(Br)c2)o1. The molecule has 0 saturated carbocycles. The maximum absolute atomic E-state index is 11.3. The smallest absolute Gasteiger partial charge is 0.373 e. The molecule has 0 fully saturated rings. The Balaban J connectivity index is 2.26. The molecule has 0 aliphatic carbocycles. The van der Waals surface area contributed by atoms with Crippen LogP contribution < -0.4 is 4.74 Å². The number of furan rings is 1. The van der Waals surface area contributed by atoms with Crippen molar-refractivity contribution in [2.75, 3.05) is 14.2 Å². The number of carbonyl (C=O) groups excluding carboxylic acids is 1. The van der Waals surface area contributed by atoms with Gasteiger partial charge < -0.3 is 19.0 Å². The summed E-state index contributed by atoms with van der Waals surface area (Å²) in [4.78, 5) is 11.3. The van der Waals surface area contributed by atoms with Crippen molar-refractivity contribution in [3.63, 3.8) is 0 Å². The molecular weight excluding hydrogens is 328 g/mol. The topological polar surface area (TPSA) is 68.9 Å². The summed E-state index contributed by atoms with van der Waals surface area (Å²) in [6, 6.07) is 8.17. The van der Waals surface area contributed by atoms with Crippen LogP contribution in [0.3, 0.4) is 0 Å². The lowest BCUT2D eigenvalue weighted by Gasteiger charge is -2.10. The van der Waals surface area contributed by atoms with Gasteiger partial charge in [-0.1, -0.05) is 6.07 Å². The third kappa shape index (κ3) is 2.86. The predicted octanol–water partition coefficient (Wildman–Crippen LogP) is 2.92. The second-order valence-electron chi connectivity index (χ2n) is 3.99. The first kappa shape index (κ1) is 14.6. The number of aliphatic hydroxyl groups excluding tert-OH is 1. The van der Waals surface area contributed by atoms with Gasteiger partial charge >= 0.3 is 5.97 Å². The summed E-state index contributed by atoms with van der Waals surface area (Å²) in [7, 11) is 2.83. The van der Waals surface area contributed by atoms with Crippen molar-refractivity contribution in [2.24, 2.45) is 0 Å². The third-order valence-electron chi connectivity index (χ3n) is 2.77. The van der Waals surface area contributed by atoms with Crippen molar-refractivity contribution in [3.05, 3.63) is 51.9 Å². The molecule has 1 aromatic carbocycles. The van der Waals surface area contributed by atoms with Crippen LogP contribution in [0, 0.1) is 0 Å². The Bertz CT molecular complexity index is 620. The Morgan fingerprint density at radius 3 is 2.65 bits per heavy atom. The molecule has 0 bridgehead atoms. The largest absolute Gasteiger partial charge is 0.496 e. The number of methoxy groups -OCH3 is 2. The minimum Gasteiger partial charge on any atom is -0.496 e. The van der Waals surface area contributed by atoms with Crippen molar-refractivity contribution in [1.29, 1.82) is 0 Å². The molecule has 1 N–H and O–H groups in total. The molecule has 0 aliphatic rings. The molecule has 0 spiro atoms. The van der Waals surface area contributed by atoms with Crippen molar-refractivity contribution >= 4 is 21.9 Å². The summed E-state index contributed by atoms with van der Waals surface area (Å²) in [5.41, 5.74) is 0.614. The third-order valence-corrected chi connectivity index (χ3v) is 3.39. The zero-order chi connectivity index (χ0) is 14.7. The Labute approximate surface area is 124 Å². The lowest BCUT2D eigenvalue weighted by molar-refractivity contribution is 0.0558. The molecule has 2 rings (SSSR count). The quantitative estimate of drug-likeness (QED) is 0.866. The van der Waals surface area contributed by atoms with Crippen LogP contribution in [-0.4, -0.2) is 25.3 Å². The van der Waals surface area contributed by atoms with Gasteiger partial charge in [0.1, 0.15) is 17.6 Å². The Kier molecular flexibility index (Phi) is 4.46. The van der Waals surface area contributed by atoms with E-state index in [1.807, 2.05) is 0 Å². The van der Waals surface area contributed by atoms with Crippen LogP contribution in [0.25, 0.3) is 0 Å². The van der Waals surface area contributed by atoms with Gasteiger partial charge in [-0.15, -0.1) is 0 Å². The van der Waals surface area contributed by atoms with Gasteiger partial charge in [-0.25, -0.2) is 4.79 Å². The highest BCUT2D eigenvalue weighted by molar-refractivity contribution is 9.10. The van der Waals surface area contributed by atoms with Crippen LogP contribution in [0.2, 0.25) is 0 Å². The van der Waals surface area contributed by atoms with Crippen LogP contribution in [0.4, 0.5) is 0 Å². The fourth-order valence-electron chi connectivity index (χ4n) is 1.73. The molecule has 1 aromatic heterocycles. The van der Waals surface area contributed by atoms with E-state index < -0.39 is 12.1 Å². The van der Waals surface area contributed by atoms with E-state index in [4.69, 9.17) is 9.15 Å². The highest BCUT2D eigenvalue weighted by Gasteiger charge is 2.19. The lowest BCUT2D eigenvalue weighted by atomic mass is 10.1. The molecule has 5 nitrogen and oxygen atoms in total. The number of carbonyl (C=O) groups is 1. The van der Waals surface area contributed by atoms with E-state index >= 15 is 0 Å². The van der Waals surface area contributed by atoms with Gasteiger partial charge in [0.15, 0.2) is 0 Å². The van der Waals surface area contributed by atoms with Crippen molar-refractivity contribution in [2.45, 2.75) is 6.10 Å². The standard InChI is InChI=1S/C14H13BrO5/c1-18-10-4-3-8(7-9(10)15)13(16)11-5-6-12(20-11)14(17)19-2/h3-7,13,16H,1-2H3. The Morgan fingerprint density at radius 2 is 2.05 bits per heavy atom. The number of rotatable bonds is 4. The van der Waals surface area contributed by atoms with E-state index in [1.165, 1.54) is 19.2 Å². The number of ether oxygens (including phenoxy) is 2. The zero-order valence-corrected chi connectivity index (χ0v) is 12.5. The molecule has 0 radical (unpaired) electrons. The summed E-state index contributed by atoms with van der Waals surface area (Å²) in [5, 5.41) is 10.2. The second-order valence-corrected chi connectivity index (χ2v) is 4.84. The molecule has 106 valence electrons. The van der Waals surface area contributed by atoms with Gasteiger partial charge in [0.25, 0.3) is 0 Å². The minimum absolute atomic E-state index is 0.0501. The molecule has 0 saturated heterocycles. The molecule has 0 amide bonds. The summed E-state index contributed by atoms with van der Waals surface area (Å²) >= 11 is 3.35. The average molecular weight is 341 g/mol. The molecule has 6 heteroatoms. The van der Waals surface area contributed by atoms with Crippen LogP contribution in [0.15, 0.2) is 39.2 Å². The van der Waals surface area contributed by atoms with Crippen LogP contribution >= 0.6 is 15.9 Å². The second kappa shape index (κ2) is 6.11. The summed E-state index contributed by atoms with van der Waals surface area (Å²) in [5.74, 6) is 0.395. The first-order valence-corrected chi connectivity index (χ1v) is 6.55. The number of hydrogen-bond donors (Lipinski definition) is 1. The van der Waals surface area contributed by atoms with E-state index in [9.17, 15) is 9.90 Å². The first-order valence-electron chi connectivity index (χ1n) is 5.76. The highest BCUT2D eigenvalue weighted by atomic mass is 79.9. The van der Waals surface area contributed by atoms with E-state index in [-0.39, 0.29) is 11.5 Å². The summed E-state index contributed by atoms with van der Waals surface area (Å²) in [6.07, 6.45) is -0.976. The fourth-order valence-corrected chi connectivity index (χ4v) is 2.29. The monoisotopic (exact) mass is 340 g/mol. The first-order chi connectivity index (χ1) is 9.56. The molecule has 0 aliphatic heterocycles. The highest BCUT2D eigenvalue weighted by Crippen LogP contribution is 2.31. The van der Waals surface area contributed by atoms with Gasteiger partial charge in [-0.2, -0.15) is 0 Å². The van der Waals surface area contributed by atoms with E-state index in [0.29, 0.717) is 11.3 Å². The number of hydrogen-bond acceptors (Lipinski definition) is 5. The summed E-state index contributed by atoms with van der Waals surface area (Å²) in [6.45, 7) is 0. The van der Waals surface area contributed by atoms with Crippen LogP contribution in [0.1, 0.15) is 28.0 Å². The Morgan fingerprint density at radius 1 is 1.30 bits per heavy atom. The van der Waals surface area contributed by atoms with E-state index in [1.54, 1.807) is 25.3 Å². The van der Waals surface area contributed by atoms with Crippen molar-refractivity contribution in [1.82, 2.24) is 0 Å². The van der Waals surface area contributed by atoms with E-state index in [0.717, 1.165) is 4.47 Å². The van der Waals surface area contributed by atoms with Gasteiger partial charge in [0.05, 0.1) is 18.7 Å². The number of halogens is 1. The van der Waals surface area contributed by atoms with Gasteiger partial charge in [-0.05, 0) is 45.8 Å². The zero-order valence-electron chi connectivity index (χ0n) is 10.9. The number of aliphatic hydroxyl groups is 1. The maximum atomic E-state index is 11.3. The number of benzene rings is 1. The van der Waals surface area contributed by atoms with E-state index in [2.05, 4.69) is 20.7 Å². The van der Waals surface area contributed by atoms with Gasteiger partial charge in [-0.3, -0.25) is 0 Å². The molecule has 2 aromatic rings. The average Bonchev–Trinajstić information content (AvgIpc) is 2.95. The normalized spacial score (nSPS) is 12.0. The maximum Gasteiger partial charge on any atom is 0.373 e. The Hall–Kier alpha value is -1.79. The van der Waals surface area contributed by atoms with Crippen molar-refractivity contribution < 1.29 is 23.8 Å². The summed E-state index contributed by atoms with van der Waals surface area (Å²) < 4.78 is 15.7. The fraction of sp³-hybridized carbons (Fsp3) is 0.214. The molecule has 1 heterocycles. The molecule has 1 atom stereocenters. The minimum atomic E-state index is -0.976. The molecular formula is C14H13BrO5. The number of esters is 1. The van der Waals surface area contributed by atoms with Gasteiger partial charge in [0, 0.05) is 0 Å². The van der Waals surface area contributed by atoms with Crippen LogP contribution in [-0.2, 0) is 4.74 Å². The van der Waals surface area contributed by atoms with Gasteiger partial charge in [0.2, 0.25) is 5.76 Å². The molecule has 1 unspecified atom stereocenters. The molecule has 20 heavy (non-hydrogen) atoms.